The van der Waals surface area contributed by atoms with Gasteiger partial charge in [0.25, 0.3) is 11.8 Å². The Hall–Kier alpha value is -3.03. The number of sulfonamides is 1. The van der Waals surface area contributed by atoms with Gasteiger partial charge in [-0.3, -0.25) is 9.59 Å². The van der Waals surface area contributed by atoms with Gasteiger partial charge in [-0.1, -0.05) is 43.3 Å². The summed E-state index contributed by atoms with van der Waals surface area (Å²) in [5, 5.41) is 1.07. The van der Waals surface area contributed by atoms with E-state index in [-0.39, 0.29) is 4.90 Å². The predicted octanol–water partition coefficient (Wildman–Crippen LogP) is 4.06. The molecule has 5 rings (SSSR count). The third-order valence-corrected chi connectivity index (χ3v) is 8.21. The summed E-state index contributed by atoms with van der Waals surface area (Å²) in [5.41, 5.74) is 1.11. The average Bonchev–Trinajstić information content (AvgIpc) is 3.03. The van der Waals surface area contributed by atoms with E-state index in [0.29, 0.717) is 46.6 Å². The molecule has 1 saturated heterocycles. The van der Waals surface area contributed by atoms with Crippen LogP contribution in [0.25, 0.3) is 10.8 Å². The Kier molecular flexibility index (Phi) is 4.68. The van der Waals surface area contributed by atoms with E-state index in [0.717, 1.165) is 17.7 Å². The molecule has 2 amide bonds. The zero-order chi connectivity index (χ0) is 21.8. The number of benzene rings is 3. The molecule has 31 heavy (non-hydrogen) atoms. The highest BCUT2D eigenvalue weighted by molar-refractivity contribution is 7.89. The molecule has 0 bridgehead atoms. The van der Waals surface area contributed by atoms with E-state index in [1.807, 2.05) is 0 Å². The summed E-state index contributed by atoms with van der Waals surface area (Å²) in [5.74, 6) is -0.280. The normalized spacial score (nSPS) is 18.0. The van der Waals surface area contributed by atoms with Crippen molar-refractivity contribution in [2.75, 3.05) is 18.0 Å². The van der Waals surface area contributed by atoms with Gasteiger partial charge in [0.2, 0.25) is 10.0 Å². The van der Waals surface area contributed by atoms with Crippen molar-refractivity contribution in [3.63, 3.8) is 0 Å². The molecule has 0 N–H and O–H groups in total. The molecule has 2 heterocycles. The summed E-state index contributed by atoms with van der Waals surface area (Å²) in [4.78, 5) is 27.3. The number of fused-ring (bicyclic) bond motifs is 2. The number of nitrogens with zero attached hydrogens (tertiary/aromatic N) is 2. The summed E-state index contributed by atoms with van der Waals surface area (Å²) >= 11 is 0. The van der Waals surface area contributed by atoms with Crippen molar-refractivity contribution in [2.24, 2.45) is 5.92 Å². The Labute approximate surface area is 181 Å². The van der Waals surface area contributed by atoms with Gasteiger partial charge in [-0.05, 0) is 43.0 Å². The number of imide groups is 1. The topological polar surface area (TPSA) is 74.8 Å². The molecule has 158 valence electrons. The fourth-order valence-electron chi connectivity index (χ4n) is 4.45. The van der Waals surface area contributed by atoms with Crippen LogP contribution in [0.1, 0.15) is 40.5 Å². The maximum absolute atomic E-state index is 13.4. The van der Waals surface area contributed by atoms with Gasteiger partial charge in [0.1, 0.15) is 0 Å². The molecule has 0 atom stereocenters. The van der Waals surface area contributed by atoms with Crippen LogP contribution in [0.5, 0.6) is 0 Å². The van der Waals surface area contributed by atoms with Gasteiger partial charge in [-0.2, -0.15) is 4.31 Å². The van der Waals surface area contributed by atoms with Gasteiger partial charge in [0.15, 0.2) is 0 Å². The van der Waals surface area contributed by atoms with E-state index in [1.165, 1.54) is 10.4 Å². The number of rotatable bonds is 3. The Balaban J connectivity index is 1.63. The summed E-state index contributed by atoms with van der Waals surface area (Å²) in [6.07, 6.45) is 1.68. The minimum Gasteiger partial charge on any atom is -0.268 e. The number of hydrogen-bond donors (Lipinski definition) is 0. The van der Waals surface area contributed by atoms with Crippen LogP contribution in [0.15, 0.2) is 65.6 Å². The lowest BCUT2D eigenvalue weighted by molar-refractivity contribution is 0.0926. The van der Waals surface area contributed by atoms with Crippen LogP contribution in [0.4, 0.5) is 5.69 Å². The number of anilines is 1. The first kappa shape index (κ1) is 19.9. The SMILES string of the molecule is CC1CCN(S(=O)(=O)c2ccc(N3C(=O)c4ccccc4C3=O)c3ccccc23)CC1. The van der Waals surface area contributed by atoms with Crippen LogP contribution in [-0.4, -0.2) is 37.6 Å². The monoisotopic (exact) mass is 434 g/mol. The molecule has 0 spiro atoms. The van der Waals surface area contributed by atoms with E-state index < -0.39 is 21.8 Å². The third kappa shape index (κ3) is 3.07. The number of carbonyl (C=O) groups excluding carboxylic acids is 2. The number of carbonyl (C=O) groups is 2. The van der Waals surface area contributed by atoms with Crippen molar-refractivity contribution in [3.8, 4) is 0 Å². The Morgan fingerprint density at radius 2 is 1.32 bits per heavy atom. The van der Waals surface area contributed by atoms with Crippen LogP contribution < -0.4 is 4.90 Å². The maximum Gasteiger partial charge on any atom is 0.266 e. The van der Waals surface area contributed by atoms with E-state index in [4.69, 9.17) is 0 Å². The van der Waals surface area contributed by atoms with Gasteiger partial charge in [-0.25, -0.2) is 13.3 Å². The zero-order valence-electron chi connectivity index (χ0n) is 17.1. The summed E-state index contributed by atoms with van der Waals surface area (Å²) < 4.78 is 28.4. The second-order valence-corrected chi connectivity index (χ2v) is 10.1. The van der Waals surface area contributed by atoms with Crippen molar-refractivity contribution in [1.29, 1.82) is 0 Å². The Morgan fingerprint density at radius 1 is 0.774 bits per heavy atom. The predicted molar refractivity (Wildman–Crippen MR) is 119 cm³/mol. The minimum absolute atomic E-state index is 0.206. The van der Waals surface area contributed by atoms with E-state index in [1.54, 1.807) is 54.6 Å². The molecular weight excluding hydrogens is 412 g/mol. The van der Waals surface area contributed by atoms with Crippen LogP contribution >= 0.6 is 0 Å². The summed E-state index contributed by atoms with van der Waals surface area (Å²) in [6, 6.07) is 16.8. The van der Waals surface area contributed by atoms with Gasteiger partial charge in [0, 0.05) is 23.9 Å². The minimum atomic E-state index is -3.69. The van der Waals surface area contributed by atoms with Gasteiger partial charge in [-0.15, -0.1) is 0 Å². The molecule has 7 heteroatoms. The van der Waals surface area contributed by atoms with Gasteiger partial charge < -0.3 is 0 Å². The number of amides is 2. The molecule has 0 radical (unpaired) electrons. The Bertz CT molecular complexity index is 1290. The number of piperidine rings is 1. The molecular formula is C24H22N2O4S. The number of hydrogen-bond acceptors (Lipinski definition) is 4. The van der Waals surface area contributed by atoms with Crippen molar-refractivity contribution >= 4 is 38.3 Å². The zero-order valence-corrected chi connectivity index (χ0v) is 17.9. The molecule has 0 unspecified atom stereocenters. The largest absolute Gasteiger partial charge is 0.268 e. The first-order chi connectivity index (χ1) is 14.9. The smallest absolute Gasteiger partial charge is 0.266 e. The second-order valence-electron chi connectivity index (χ2n) is 8.21. The molecule has 2 aliphatic heterocycles. The van der Waals surface area contributed by atoms with E-state index in [9.17, 15) is 18.0 Å². The van der Waals surface area contributed by atoms with E-state index in [2.05, 4.69) is 6.92 Å². The molecule has 3 aromatic carbocycles. The van der Waals surface area contributed by atoms with Gasteiger partial charge >= 0.3 is 0 Å². The lowest BCUT2D eigenvalue weighted by Crippen LogP contribution is -2.38. The molecule has 1 fully saturated rings. The van der Waals surface area contributed by atoms with E-state index >= 15 is 0 Å². The standard InChI is InChI=1S/C24H22N2O4S/c1-16-12-14-25(15-13-16)31(29,30)22-11-10-21(17-6-2-3-7-18(17)22)26-23(27)19-8-4-5-9-20(19)24(26)28/h2-11,16H,12-15H2,1H3. The first-order valence-electron chi connectivity index (χ1n) is 10.4. The highest BCUT2D eigenvalue weighted by atomic mass is 32.2. The fourth-order valence-corrected chi connectivity index (χ4v) is 6.11. The van der Waals surface area contributed by atoms with Crippen LogP contribution in [0, 0.1) is 5.92 Å². The van der Waals surface area contributed by atoms with Crippen LogP contribution in [0.2, 0.25) is 0 Å². The van der Waals surface area contributed by atoms with Crippen LogP contribution in [-0.2, 0) is 10.0 Å². The quantitative estimate of drug-likeness (QED) is 0.583. The second kappa shape index (κ2) is 7.28. The molecule has 2 aliphatic rings. The third-order valence-electron chi connectivity index (χ3n) is 6.26. The molecule has 0 saturated carbocycles. The molecule has 6 nitrogen and oxygen atoms in total. The first-order valence-corrected chi connectivity index (χ1v) is 11.8. The van der Waals surface area contributed by atoms with Gasteiger partial charge in [0.05, 0.1) is 21.7 Å². The molecule has 0 aliphatic carbocycles. The van der Waals surface area contributed by atoms with Crippen molar-refractivity contribution in [1.82, 2.24) is 4.31 Å². The lowest BCUT2D eigenvalue weighted by atomic mass is 10.0. The van der Waals surface area contributed by atoms with Crippen molar-refractivity contribution in [2.45, 2.75) is 24.7 Å². The van der Waals surface area contributed by atoms with Crippen molar-refractivity contribution in [3.05, 3.63) is 71.8 Å². The fraction of sp³-hybridized carbons (Fsp3) is 0.250. The summed E-state index contributed by atoms with van der Waals surface area (Å²) in [6.45, 7) is 3.13. The molecule has 3 aromatic rings. The Morgan fingerprint density at radius 3 is 1.94 bits per heavy atom. The van der Waals surface area contributed by atoms with Crippen LogP contribution in [0.3, 0.4) is 0 Å². The van der Waals surface area contributed by atoms with Crippen molar-refractivity contribution < 1.29 is 18.0 Å². The summed E-state index contributed by atoms with van der Waals surface area (Å²) in [7, 11) is -3.69. The lowest BCUT2D eigenvalue weighted by Gasteiger charge is -2.30. The average molecular weight is 435 g/mol. The highest BCUT2D eigenvalue weighted by Gasteiger charge is 2.38. The molecule has 0 aromatic heterocycles. The maximum atomic E-state index is 13.4. The highest BCUT2D eigenvalue weighted by Crippen LogP contribution is 2.37.